The first-order valence-electron chi connectivity index (χ1n) is 6.25. The number of Topliss-reactive ketones (excluding diaryl/α,β-unsaturated/α-hetero) is 1. The Morgan fingerprint density at radius 1 is 1.50 bits per heavy atom. The monoisotopic (exact) mass is 271 g/mol. The second-order valence-corrected chi connectivity index (χ2v) is 4.62. The van der Waals surface area contributed by atoms with Crippen LogP contribution in [0.2, 0.25) is 0 Å². The maximum absolute atomic E-state index is 12.7. The first kappa shape index (κ1) is 13.9. The Morgan fingerprint density at radius 3 is 2.90 bits per heavy atom. The van der Waals surface area contributed by atoms with Crippen LogP contribution in [0.1, 0.15) is 17.5 Å². The van der Waals surface area contributed by atoms with Gasteiger partial charge in [-0.15, -0.1) is 0 Å². The number of hydrogen-bond donors (Lipinski definition) is 0. The molecule has 0 bridgehead atoms. The van der Waals surface area contributed by atoms with Gasteiger partial charge in [-0.05, 0) is 18.1 Å². The summed E-state index contributed by atoms with van der Waals surface area (Å²) < 4.78 is 14.1. The Balaban J connectivity index is 1.91. The molecule has 20 heavy (non-hydrogen) atoms. The van der Waals surface area contributed by atoms with Crippen LogP contribution in [0.15, 0.2) is 30.6 Å². The normalized spacial score (nSPS) is 10.2. The van der Waals surface area contributed by atoms with Crippen LogP contribution in [0.5, 0.6) is 0 Å². The molecule has 1 heterocycles. The molecule has 0 saturated carbocycles. The number of aryl methyl sites for hydroxylation is 2. The summed E-state index contributed by atoms with van der Waals surface area (Å²) in [5.74, 6) is -0.335. The van der Waals surface area contributed by atoms with E-state index in [4.69, 9.17) is 6.57 Å². The molecule has 0 radical (unpaired) electrons. The molecule has 5 heteroatoms. The van der Waals surface area contributed by atoms with Crippen LogP contribution in [0.4, 0.5) is 10.1 Å². The lowest BCUT2D eigenvalue weighted by Gasteiger charge is -2.04. The van der Waals surface area contributed by atoms with E-state index in [1.807, 2.05) is 13.0 Å². The van der Waals surface area contributed by atoms with E-state index < -0.39 is 5.82 Å². The first-order chi connectivity index (χ1) is 9.58. The van der Waals surface area contributed by atoms with Crippen molar-refractivity contribution >= 4 is 11.5 Å². The minimum Gasteiger partial charge on any atom is -0.299 e. The number of carbonyl (C=O) groups is 1. The quantitative estimate of drug-likeness (QED) is 0.784. The number of nitrogens with zero attached hydrogens (tertiary/aromatic N) is 3. The van der Waals surface area contributed by atoms with Crippen molar-refractivity contribution < 1.29 is 9.18 Å². The molecule has 2 rings (SSSR count). The summed E-state index contributed by atoms with van der Waals surface area (Å²) in [7, 11) is 0. The van der Waals surface area contributed by atoms with Gasteiger partial charge in [0.15, 0.2) is 11.5 Å². The summed E-state index contributed by atoms with van der Waals surface area (Å²) in [6.07, 6.45) is 3.02. The number of aromatic nitrogens is 2. The van der Waals surface area contributed by atoms with Gasteiger partial charge in [-0.2, -0.15) is 5.10 Å². The molecule has 0 N–H and O–H groups in total. The summed E-state index contributed by atoms with van der Waals surface area (Å²) >= 11 is 0. The highest BCUT2D eigenvalue weighted by Crippen LogP contribution is 2.20. The van der Waals surface area contributed by atoms with E-state index in [9.17, 15) is 9.18 Å². The fourth-order valence-corrected chi connectivity index (χ4v) is 1.97. The van der Waals surface area contributed by atoms with Crippen LogP contribution in [-0.4, -0.2) is 15.6 Å². The highest BCUT2D eigenvalue weighted by molar-refractivity contribution is 5.81. The standard InChI is InChI=1S/C15H14FN3O/c1-11-7-12(3-4-15(11)17-2)8-14(20)5-6-19-10-13(16)9-18-19/h3-4,7,9-10H,5-6,8H2,1H3. The molecule has 1 aromatic heterocycles. The first-order valence-corrected chi connectivity index (χ1v) is 6.25. The fourth-order valence-electron chi connectivity index (χ4n) is 1.97. The molecule has 0 spiro atoms. The van der Waals surface area contributed by atoms with Gasteiger partial charge in [0.05, 0.1) is 19.0 Å². The number of rotatable bonds is 5. The second-order valence-electron chi connectivity index (χ2n) is 4.62. The van der Waals surface area contributed by atoms with Crippen molar-refractivity contribution in [1.29, 1.82) is 0 Å². The van der Waals surface area contributed by atoms with E-state index in [1.165, 1.54) is 10.9 Å². The fraction of sp³-hybridized carbons (Fsp3) is 0.267. The molecule has 0 aliphatic heterocycles. The molecule has 0 aliphatic carbocycles. The predicted octanol–water partition coefficient (Wildman–Crippen LogP) is 3.08. The smallest absolute Gasteiger partial charge is 0.190 e. The summed E-state index contributed by atoms with van der Waals surface area (Å²) in [4.78, 5) is 15.2. The van der Waals surface area contributed by atoms with Crippen LogP contribution < -0.4 is 0 Å². The number of benzene rings is 1. The van der Waals surface area contributed by atoms with E-state index in [0.29, 0.717) is 25.1 Å². The number of hydrogen-bond acceptors (Lipinski definition) is 2. The molecule has 1 aromatic carbocycles. The van der Waals surface area contributed by atoms with Crippen molar-refractivity contribution in [2.24, 2.45) is 0 Å². The van der Waals surface area contributed by atoms with E-state index in [0.717, 1.165) is 17.3 Å². The van der Waals surface area contributed by atoms with Crippen molar-refractivity contribution in [3.63, 3.8) is 0 Å². The largest absolute Gasteiger partial charge is 0.299 e. The summed E-state index contributed by atoms with van der Waals surface area (Å²) in [5, 5.41) is 3.79. The average molecular weight is 271 g/mol. The molecule has 102 valence electrons. The second kappa shape index (κ2) is 6.11. The van der Waals surface area contributed by atoms with Gasteiger partial charge in [-0.1, -0.05) is 18.2 Å². The van der Waals surface area contributed by atoms with Crippen LogP contribution in [0.3, 0.4) is 0 Å². The van der Waals surface area contributed by atoms with Crippen molar-refractivity contribution in [2.75, 3.05) is 0 Å². The van der Waals surface area contributed by atoms with Gasteiger partial charge in [-0.25, -0.2) is 9.24 Å². The molecule has 4 nitrogen and oxygen atoms in total. The Hall–Kier alpha value is -2.48. The van der Waals surface area contributed by atoms with Gasteiger partial charge >= 0.3 is 0 Å². The zero-order chi connectivity index (χ0) is 14.5. The zero-order valence-electron chi connectivity index (χ0n) is 11.1. The van der Waals surface area contributed by atoms with Gasteiger partial charge in [-0.3, -0.25) is 9.48 Å². The number of halogens is 1. The van der Waals surface area contributed by atoms with E-state index in [-0.39, 0.29) is 5.78 Å². The highest BCUT2D eigenvalue weighted by atomic mass is 19.1. The SMILES string of the molecule is [C-]#[N+]c1ccc(CC(=O)CCn2cc(F)cn2)cc1C. The molecule has 0 aliphatic rings. The maximum Gasteiger partial charge on any atom is 0.190 e. The van der Waals surface area contributed by atoms with Crippen molar-refractivity contribution in [3.8, 4) is 0 Å². The van der Waals surface area contributed by atoms with Crippen LogP contribution in [0, 0.1) is 19.3 Å². The van der Waals surface area contributed by atoms with E-state index in [2.05, 4.69) is 9.94 Å². The zero-order valence-corrected chi connectivity index (χ0v) is 11.1. The summed E-state index contributed by atoms with van der Waals surface area (Å²) in [6.45, 7) is 9.21. The Kier molecular flexibility index (Phi) is 4.26. The predicted molar refractivity (Wildman–Crippen MR) is 73.0 cm³/mol. The third-order valence-electron chi connectivity index (χ3n) is 3.00. The van der Waals surface area contributed by atoms with Gasteiger partial charge in [0.1, 0.15) is 5.78 Å². The average Bonchev–Trinajstić information content (AvgIpc) is 2.82. The molecule has 2 aromatic rings. The topological polar surface area (TPSA) is 39.2 Å². The Bertz CT molecular complexity index is 670. The number of carbonyl (C=O) groups excluding carboxylic acids is 1. The molecule has 0 fully saturated rings. The van der Waals surface area contributed by atoms with Crippen LogP contribution in [-0.2, 0) is 17.8 Å². The van der Waals surface area contributed by atoms with Gasteiger partial charge < -0.3 is 0 Å². The lowest BCUT2D eigenvalue weighted by molar-refractivity contribution is -0.118. The third-order valence-corrected chi connectivity index (χ3v) is 3.00. The van der Waals surface area contributed by atoms with E-state index >= 15 is 0 Å². The molecule has 0 amide bonds. The minimum atomic E-state index is -0.400. The molecule has 0 saturated heterocycles. The van der Waals surface area contributed by atoms with Gasteiger partial charge in [0.25, 0.3) is 0 Å². The molecule has 0 unspecified atom stereocenters. The van der Waals surface area contributed by atoms with Crippen molar-refractivity contribution in [3.05, 3.63) is 59.0 Å². The van der Waals surface area contributed by atoms with Gasteiger partial charge in [0.2, 0.25) is 0 Å². The van der Waals surface area contributed by atoms with E-state index in [1.54, 1.807) is 12.1 Å². The lowest BCUT2D eigenvalue weighted by atomic mass is 10.0. The van der Waals surface area contributed by atoms with Crippen molar-refractivity contribution in [1.82, 2.24) is 9.78 Å². The number of ketones is 1. The van der Waals surface area contributed by atoms with Gasteiger partial charge in [0, 0.05) is 19.4 Å². The lowest BCUT2D eigenvalue weighted by Crippen LogP contribution is -2.08. The Morgan fingerprint density at radius 2 is 2.30 bits per heavy atom. The Labute approximate surface area is 116 Å². The summed E-state index contributed by atoms with van der Waals surface area (Å²) in [5.41, 5.74) is 2.37. The molecule has 0 atom stereocenters. The van der Waals surface area contributed by atoms with Crippen LogP contribution >= 0.6 is 0 Å². The maximum atomic E-state index is 12.7. The summed E-state index contributed by atoms with van der Waals surface area (Å²) in [6, 6.07) is 5.39. The third kappa shape index (κ3) is 3.51. The van der Waals surface area contributed by atoms with Crippen molar-refractivity contribution in [2.45, 2.75) is 26.3 Å². The minimum absolute atomic E-state index is 0.0656. The molecular formula is C15H14FN3O. The molecular weight excluding hydrogens is 257 g/mol. The highest BCUT2D eigenvalue weighted by Gasteiger charge is 2.07. The van der Waals surface area contributed by atoms with Crippen LogP contribution in [0.25, 0.3) is 4.85 Å².